The maximum absolute atomic E-state index is 6.15. The number of nitrogens with zero attached hydrogens (tertiary/aromatic N) is 1. The Morgan fingerprint density at radius 1 is 1.27 bits per heavy atom. The van der Waals surface area contributed by atoms with E-state index in [9.17, 15) is 0 Å². The summed E-state index contributed by atoms with van der Waals surface area (Å²) in [5.74, 6) is 0. The fraction of sp³-hybridized carbons (Fsp3) is 0.100. The molecule has 1 heterocycles. The van der Waals surface area contributed by atoms with Crippen LogP contribution in [0.3, 0.4) is 0 Å². The van der Waals surface area contributed by atoms with Crippen molar-refractivity contribution in [1.29, 1.82) is 0 Å². The summed E-state index contributed by atoms with van der Waals surface area (Å²) in [6.45, 7) is 1.83. The molecule has 0 bridgehead atoms. The van der Waals surface area contributed by atoms with Crippen molar-refractivity contribution >= 4 is 45.5 Å². The van der Waals surface area contributed by atoms with E-state index in [-0.39, 0.29) is 0 Å². The van der Waals surface area contributed by atoms with Gasteiger partial charge in [-0.05, 0) is 18.6 Å². The summed E-state index contributed by atoms with van der Waals surface area (Å²) in [6, 6.07) is 1.73. The number of fused-ring (bicyclic) bond motifs is 1. The van der Waals surface area contributed by atoms with Crippen LogP contribution in [0.5, 0.6) is 0 Å². The molecule has 0 amide bonds. The molecule has 0 aliphatic heterocycles. The molecule has 0 atom stereocenters. The second kappa shape index (κ2) is 3.43. The Kier molecular flexibility index (Phi) is 2.37. The Balaban J connectivity index is 3.00. The first-order valence-corrected chi connectivity index (χ1v) is 5.06. The summed E-state index contributed by atoms with van der Waals surface area (Å²) in [7, 11) is 0. The van der Waals surface area contributed by atoms with Gasteiger partial charge in [-0.2, -0.15) is 0 Å². The van der Waals surface area contributed by atoms with Gasteiger partial charge in [0.15, 0.2) is 0 Å². The molecule has 4 N–H and O–H groups in total. The van der Waals surface area contributed by atoms with Crippen molar-refractivity contribution in [3.8, 4) is 0 Å². The number of rotatable bonds is 0. The minimum Gasteiger partial charge on any atom is -0.396 e. The summed E-state index contributed by atoms with van der Waals surface area (Å²) in [4.78, 5) is 4.13. The number of halogens is 2. The van der Waals surface area contributed by atoms with Crippen LogP contribution in [-0.4, -0.2) is 4.98 Å². The van der Waals surface area contributed by atoms with Crippen LogP contribution < -0.4 is 11.5 Å². The molecular weight excluding hydrogens is 233 g/mol. The first-order chi connectivity index (χ1) is 7.02. The van der Waals surface area contributed by atoms with Crippen molar-refractivity contribution < 1.29 is 0 Å². The lowest BCUT2D eigenvalue weighted by Crippen LogP contribution is -1.98. The fourth-order valence-electron chi connectivity index (χ4n) is 1.42. The van der Waals surface area contributed by atoms with Crippen LogP contribution in [0.1, 0.15) is 5.56 Å². The lowest BCUT2D eigenvalue weighted by Gasteiger charge is -2.09. The zero-order valence-electron chi connectivity index (χ0n) is 8.01. The number of anilines is 2. The maximum Gasteiger partial charge on any atom is 0.0754 e. The van der Waals surface area contributed by atoms with E-state index in [0.717, 1.165) is 5.56 Å². The van der Waals surface area contributed by atoms with Crippen molar-refractivity contribution in [3.05, 3.63) is 27.9 Å². The molecule has 0 saturated carbocycles. The van der Waals surface area contributed by atoms with E-state index < -0.39 is 0 Å². The van der Waals surface area contributed by atoms with Gasteiger partial charge in [0.2, 0.25) is 0 Å². The monoisotopic (exact) mass is 241 g/mol. The molecule has 0 saturated heterocycles. The minimum atomic E-state index is 0.422. The largest absolute Gasteiger partial charge is 0.396 e. The lowest BCUT2D eigenvalue weighted by atomic mass is 10.1. The van der Waals surface area contributed by atoms with E-state index in [0.29, 0.717) is 32.3 Å². The van der Waals surface area contributed by atoms with Crippen LogP contribution in [-0.2, 0) is 0 Å². The highest BCUT2D eigenvalue weighted by molar-refractivity contribution is 6.40. The number of hydrogen-bond donors (Lipinski definition) is 2. The summed E-state index contributed by atoms with van der Waals surface area (Å²) < 4.78 is 0. The highest BCUT2D eigenvalue weighted by atomic mass is 35.5. The average molecular weight is 242 g/mol. The Morgan fingerprint density at radius 2 is 1.93 bits per heavy atom. The molecule has 0 aliphatic rings. The molecule has 1 aromatic heterocycles. The van der Waals surface area contributed by atoms with Gasteiger partial charge in [0.25, 0.3) is 0 Å². The zero-order chi connectivity index (χ0) is 11.2. The zero-order valence-corrected chi connectivity index (χ0v) is 9.52. The van der Waals surface area contributed by atoms with E-state index in [4.69, 9.17) is 34.7 Å². The third-order valence-corrected chi connectivity index (χ3v) is 3.21. The number of pyridine rings is 1. The van der Waals surface area contributed by atoms with E-state index in [1.54, 1.807) is 6.07 Å². The van der Waals surface area contributed by atoms with Crippen LogP contribution in [0, 0.1) is 6.92 Å². The van der Waals surface area contributed by atoms with Crippen LogP contribution in [0.2, 0.25) is 10.0 Å². The smallest absolute Gasteiger partial charge is 0.0754 e. The number of benzene rings is 1. The van der Waals surface area contributed by atoms with Gasteiger partial charge in [0, 0.05) is 10.4 Å². The van der Waals surface area contributed by atoms with Crippen LogP contribution >= 0.6 is 23.2 Å². The molecule has 0 unspecified atom stereocenters. The van der Waals surface area contributed by atoms with Gasteiger partial charge in [-0.25, -0.2) is 0 Å². The Hall–Kier alpha value is -1.19. The normalized spacial score (nSPS) is 10.9. The number of hydrogen-bond acceptors (Lipinski definition) is 3. The van der Waals surface area contributed by atoms with E-state index in [1.165, 1.54) is 6.20 Å². The van der Waals surface area contributed by atoms with Gasteiger partial charge in [0.1, 0.15) is 0 Å². The topological polar surface area (TPSA) is 64.9 Å². The molecule has 1 aromatic carbocycles. The predicted molar refractivity (Wildman–Crippen MR) is 65.3 cm³/mol. The van der Waals surface area contributed by atoms with Crippen molar-refractivity contribution in [3.63, 3.8) is 0 Å². The summed E-state index contributed by atoms with van der Waals surface area (Å²) in [5.41, 5.74) is 13.8. The third kappa shape index (κ3) is 1.48. The summed E-state index contributed by atoms with van der Waals surface area (Å²) in [6.07, 6.45) is 1.50. The van der Waals surface area contributed by atoms with Crippen molar-refractivity contribution in [2.45, 2.75) is 6.92 Å². The molecule has 0 spiro atoms. The van der Waals surface area contributed by atoms with Gasteiger partial charge in [-0.1, -0.05) is 23.2 Å². The van der Waals surface area contributed by atoms with E-state index in [1.807, 2.05) is 6.92 Å². The molecule has 78 valence electrons. The molecule has 0 fully saturated rings. The standard InChI is InChI=1S/C10H9Cl2N3/c1-4-5(11)2-7-8(9(4)12)10(14)6(13)3-15-7/h2-3H,13H2,1H3,(H2,14,15). The summed E-state index contributed by atoms with van der Waals surface area (Å²) >= 11 is 12.1. The summed E-state index contributed by atoms with van der Waals surface area (Å²) in [5, 5.41) is 1.75. The Morgan fingerprint density at radius 3 is 2.60 bits per heavy atom. The fourth-order valence-corrected chi connectivity index (χ4v) is 1.96. The van der Waals surface area contributed by atoms with Gasteiger partial charge in [0.05, 0.1) is 28.1 Å². The van der Waals surface area contributed by atoms with Gasteiger partial charge in [-0.3, -0.25) is 4.98 Å². The Labute approximate surface area is 97.0 Å². The number of nitrogens with two attached hydrogens (primary N) is 2. The van der Waals surface area contributed by atoms with Crippen molar-refractivity contribution in [1.82, 2.24) is 4.98 Å². The molecule has 0 aliphatic carbocycles. The quantitative estimate of drug-likeness (QED) is 0.746. The SMILES string of the molecule is Cc1c(Cl)cc2ncc(N)c(N)c2c1Cl. The molecule has 3 nitrogen and oxygen atoms in total. The first-order valence-electron chi connectivity index (χ1n) is 4.30. The first kappa shape index (κ1) is 10.3. The molecular formula is C10H9Cl2N3. The molecule has 2 aromatic rings. The van der Waals surface area contributed by atoms with E-state index >= 15 is 0 Å². The molecule has 15 heavy (non-hydrogen) atoms. The second-order valence-electron chi connectivity index (χ2n) is 3.32. The van der Waals surface area contributed by atoms with Gasteiger partial charge >= 0.3 is 0 Å². The predicted octanol–water partition coefficient (Wildman–Crippen LogP) is 3.01. The molecule has 2 rings (SSSR count). The van der Waals surface area contributed by atoms with Gasteiger partial charge < -0.3 is 11.5 Å². The highest BCUT2D eigenvalue weighted by Gasteiger charge is 2.12. The van der Waals surface area contributed by atoms with Crippen LogP contribution in [0.25, 0.3) is 10.9 Å². The Bertz CT molecular complexity index is 552. The number of nitrogen functional groups attached to an aromatic ring is 2. The van der Waals surface area contributed by atoms with E-state index in [2.05, 4.69) is 4.98 Å². The highest BCUT2D eigenvalue weighted by Crippen LogP contribution is 2.36. The average Bonchev–Trinajstić information content (AvgIpc) is 2.20. The third-order valence-electron chi connectivity index (χ3n) is 2.35. The van der Waals surface area contributed by atoms with Crippen LogP contribution in [0.15, 0.2) is 12.3 Å². The lowest BCUT2D eigenvalue weighted by molar-refractivity contribution is 1.40. The van der Waals surface area contributed by atoms with Crippen LogP contribution in [0.4, 0.5) is 11.4 Å². The van der Waals surface area contributed by atoms with Gasteiger partial charge in [-0.15, -0.1) is 0 Å². The second-order valence-corrected chi connectivity index (χ2v) is 4.10. The minimum absolute atomic E-state index is 0.422. The molecule has 0 radical (unpaired) electrons. The molecule has 5 heteroatoms. The van der Waals surface area contributed by atoms with Crippen molar-refractivity contribution in [2.75, 3.05) is 11.5 Å². The number of aromatic nitrogens is 1. The maximum atomic E-state index is 6.15. The van der Waals surface area contributed by atoms with Crippen molar-refractivity contribution in [2.24, 2.45) is 0 Å².